The van der Waals surface area contributed by atoms with E-state index in [4.69, 9.17) is 0 Å². The summed E-state index contributed by atoms with van der Waals surface area (Å²) < 4.78 is 4.54. The minimum absolute atomic E-state index is 0. The molecule has 92 valence electrons. The third kappa shape index (κ3) is 42.5. The van der Waals surface area contributed by atoms with E-state index in [1.807, 2.05) is 43.3 Å². The van der Waals surface area contributed by atoms with E-state index in [9.17, 15) is 0 Å². The molecular formula is C13H30OSi. The fourth-order valence-corrected chi connectivity index (χ4v) is 0.385. The molecule has 15 heavy (non-hydrogen) atoms. The highest BCUT2D eigenvalue weighted by Gasteiger charge is 1.57. The zero-order valence-electron chi connectivity index (χ0n) is 9.29. The Labute approximate surface area is 100 Å². The van der Waals surface area contributed by atoms with Crippen molar-refractivity contribution in [3.63, 3.8) is 0 Å². The highest BCUT2D eigenvalue weighted by atomic mass is 28.1. The first-order chi connectivity index (χ1) is 6.33. The summed E-state index contributed by atoms with van der Waals surface area (Å²) in [6.45, 7) is 4.96. The van der Waals surface area contributed by atoms with Crippen molar-refractivity contribution in [2.75, 3.05) is 13.7 Å². The van der Waals surface area contributed by atoms with Gasteiger partial charge in [0.05, 0.1) is 0 Å². The van der Waals surface area contributed by atoms with Crippen molar-refractivity contribution < 1.29 is 4.74 Å². The second kappa shape index (κ2) is 29.2. The first-order valence-electron chi connectivity index (χ1n) is 4.82. The molecule has 0 bridgehead atoms. The van der Waals surface area contributed by atoms with Crippen LogP contribution < -0.4 is 0 Å². The smallest absolute Gasteiger partial charge is 0.0433 e. The lowest BCUT2D eigenvalue weighted by molar-refractivity contribution is 0.215. The van der Waals surface area contributed by atoms with Crippen LogP contribution in [0.15, 0.2) is 36.4 Å². The van der Waals surface area contributed by atoms with Gasteiger partial charge in [-0.15, -0.1) is 0 Å². The van der Waals surface area contributed by atoms with E-state index in [1.165, 1.54) is 16.3 Å². The predicted octanol–water partition coefficient (Wildman–Crippen LogP) is 3.40. The van der Waals surface area contributed by atoms with Gasteiger partial charge in [0.15, 0.2) is 0 Å². The largest absolute Gasteiger partial charge is 0.385 e. The molecule has 1 aromatic carbocycles. The Kier molecular flexibility index (Phi) is 46.5. The van der Waals surface area contributed by atoms with Crippen LogP contribution in [-0.4, -0.2) is 24.0 Å². The van der Waals surface area contributed by atoms with Gasteiger partial charge in [0.1, 0.15) is 0 Å². The van der Waals surface area contributed by atoms with Crippen molar-refractivity contribution in [1.82, 2.24) is 0 Å². The quantitative estimate of drug-likeness (QED) is 0.672. The summed E-state index contributed by atoms with van der Waals surface area (Å²) in [5.41, 5.74) is 0. The first kappa shape index (κ1) is 23.9. The van der Waals surface area contributed by atoms with Crippen molar-refractivity contribution in [1.29, 1.82) is 0 Å². The molecule has 2 heteroatoms. The molecule has 0 aromatic heterocycles. The molecule has 0 aliphatic carbocycles. The molecule has 0 fully saturated rings. The Balaban J connectivity index is -0.0000000608. The van der Waals surface area contributed by atoms with Crippen LogP contribution in [0.3, 0.4) is 0 Å². The van der Waals surface area contributed by atoms with Crippen molar-refractivity contribution >= 4 is 10.2 Å². The van der Waals surface area contributed by atoms with Crippen LogP contribution in [0.1, 0.15) is 28.7 Å². The monoisotopic (exact) mass is 230 g/mol. The Morgan fingerprint density at radius 2 is 1.00 bits per heavy atom. The number of hydrogen-bond acceptors (Lipinski definition) is 1. The number of methoxy groups -OCH3 is 1. The van der Waals surface area contributed by atoms with Gasteiger partial charge in [-0.1, -0.05) is 64.2 Å². The normalized spacial score (nSPS) is 6.60. The van der Waals surface area contributed by atoms with Crippen LogP contribution in [0.5, 0.6) is 0 Å². The molecule has 0 heterocycles. The minimum Gasteiger partial charge on any atom is -0.385 e. The van der Waals surface area contributed by atoms with E-state index in [-0.39, 0.29) is 14.9 Å². The molecule has 0 saturated heterocycles. The Morgan fingerprint density at radius 3 is 1.07 bits per heavy atom. The predicted molar refractivity (Wildman–Crippen MR) is 77.9 cm³/mol. The summed E-state index contributed by atoms with van der Waals surface area (Å²) in [7, 11) is 3.05. The second-order valence-electron chi connectivity index (χ2n) is 2.44. The van der Waals surface area contributed by atoms with Gasteiger partial charge in [-0.3, -0.25) is 0 Å². The van der Waals surface area contributed by atoms with Crippen LogP contribution in [0.4, 0.5) is 0 Å². The summed E-state index contributed by atoms with van der Waals surface area (Å²) in [5, 5.41) is 0. The van der Waals surface area contributed by atoms with E-state index in [0.29, 0.717) is 0 Å². The van der Waals surface area contributed by atoms with Gasteiger partial charge in [-0.05, 0) is 6.92 Å². The Morgan fingerprint density at radius 1 is 0.867 bits per heavy atom. The zero-order chi connectivity index (χ0) is 10.4. The summed E-state index contributed by atoms with van der Waals surface area (Å²) in [5.74, 6) is 0. The van der Waals surface area contributed by atoms with Gasteiger partial charge in [-0.25, -0.2) is 0 Å². The van der Waals surface area contributed by atoms with Crippen molar-refractivity contribution in [2.45, 2.75) is 34.7 Å². The molecule has 1 aromatic rings. The lowest BCUT2D eigenvalue weighted by Crippen LogP contribution is -1.73. The third-order valence-electron chi connectivity index (χ3n) is 0.955. The molecular weight excluding hydrogens is 200 g/mol. The molecule has 0 radical (unpaired) electrons. The summed E-state index contributed by atoms with van der Waals surface area (Å²) >= 11 is 0. The molecule has 0 spiro atoms. The molecule has 0 amide bonds. The van der Waals surface area contributed by atoms with Crippen LogP contribution >= 0.6 is 0 Å². The maximum absolute atomic E-state index is 4.54. The van der Waals surface area contributed by atoms with E-state index in [2.05, 4.69) is 11.7 Å². The Hall–Kier alpha value is -0.603. The first-order valence-corrected chi connectivity index (χ1v) is 6.23. The van der Waals surface area contributed by atoms with Gasteiger partial charge in [0.25, 0.3) is 0 Å². The highest BCUT2D eigenvalue weighted by molar-refractivity contribution is 6.08. The highest BCUT2D eigenvalue weighted by Crippen LogP contribution is 1.79. The van der Waals surface area contributed by atoms with Gasteiger partial charge in [0.2, 0.25) is 0 Å². The van der Waals surface area contributed by atoms with Crippen molar-refractivity contribution in [3.8, 4) is 0 Å². The van der Waals surface area contributed by atoms with E-state index < -0.39 is 0 Å². The SMILES string of the molecule is C.C.CCOC.CC[SiH3].c1ccccc1. The molecule has 0 atom stereocenters. The van der Waals surface area contributed by atoms with Gasteiger partial charge < -0.3 is 4.74 Å². The molecule has 0 N–H and O–H groups in total. The third-order valence-corrected chi connectivity index (χ3v) is 0.955. The fraction of sp³-hybridized carbons (Fsp3) is 0.538. The lowest BCUT2D eigenvalue weighted by atomic mass is 10.4. The fourth-order valence-electron chi connectivity index (χ4n) is 0.385. The lowest BCUT2D eigenvalue weighted by Gasteiger charge is -1.76. The molecule has 0 saturated carbocycles. The topological polar surface area (TPSA) is 9.23 Å². The van der Waals surface area contributed by atoms with Crippen LogP contribution in [0.2, 0.25) is 6.04 Å². The maximum atomic E-state index is 4.54. The van der Waals surface area contributed by atoms with Crippen LogP contribution in [-0.2, 0) is 4.74 Å². The van der Waals surface area contributed by atoms with E-state index in [1.54, 1.807) is 7.11 Å². The van der Waals surface area contributed by atoms with Crippen LogP contribution in [0, 0.1) is 0 Å². The summed E-state index contributed by atoms with van der Waals surface area (Å²) in [6, 6.07) is 13.4. The van der Waals surface area contributed by atoms with Gasteiger partial charge in [0, 0.05) is 24.0 Å². The molecule has 1 rings (SSSR count). The summed E-state index contributed by atoms with van der Waals surface area (Å²) in [4.78, 5) is 0. The van der Waals surface area contributed by atoms with Gasteiger partial charge in [-0.2, -0.15) is 0 Å². The van der Waals surface area contributed by atoms with Gasteiger partial charge >= 0.3 is 0 Å². The average Bonchev–Trinajstić information content (AvgIpc) is 2.22. The van der Waals surface area contributed by atoms with Crippen molar-refractivity contribution in [3.05, 3.63) is 36.4 Å². The number of hydrogen-bond donors (Lipinski definition) is 0. The van der Waals surface area contributed by atoms with Crippen molar-refractivity contribution in [2.24, 2.45) is 0 Å². The van der Waals surface area contributed by atoms with Crippen LogP contribution in [0.25, 0.3) is 0 Å². The maximum Gasteiger partial charge on any atom is 0.0433 e. The molecule has 0 unspecified atom stereocenters. The molecule has 0 aliphatic heterocycles. The molecule has 1 nitrogen and oxygen atoms in total. The molecule has 0 aliphatic rings. The van der Waals surface area contributed by atoms with E-state index >= 15 is 0 Å². The van der Waals surface area contributed by atoms with E-state index in [0.717, 1.165) is 6.61 Å². The number of rotatable bonds is 1. The Bertz CT molecular complexity index is 114. The number of ether oxygens (including phenoxy) is 1. The minimum atomic E-state index is 0. The standard InChI is InChI=1S/C6H6.C3H8O.C2H8Si.2CH4/c1-2-4-6-5-3-1;1-3-4-2;1-2-3;;/h1-6H;3H2,1-2H3;2H2,1,3H3;2*1H4. The second-order valence-corrected chi connectivity index (χ2v) is 3.85. The zero-order valence-corrected chi connectivity index (χ0v) is 11.3. The summed E-state index contributed by atoms with van der Waals surface area (Å²) in [6.07, 6.45) is 0. The average molecular weight is 230 g/mol. The number of benzene rings is 1.